The highest BCUT2D eigenvalue weighted by atomic mass is 32.2. The first kappa shape index (κ1) is 31.5. The van der Waals surface area contributed by atoms with Gasteiger partial charge in [-0.2, -0.15) is 4.99 Å². The fraction of sp³-hybridized carbons (Fsp3) is 0.444. The second-order valence-corrected chi connectivity index (χ2v) is 13.5. The first-order valence-corrected chi connectivity index (χ1v) is 16.7. The summed E-state index contributed by atoms with van der Waals surface area (Å²) < 4.78 is 43.3. The quantitative estimate of drug-likeness (QED) is 0.233. The first-order chi connectivity index (χ1) is 20.1. The number of nitrogens with zero attached hydrogens (tertiary/aromatic N) is 2. The number of nitrogens with one attached hydrogen (secondary N) is 1. The summed E-state index contributed by atoms with van der Waals surface area (Å²) in [5.41, 5.74) is 2.08. The van der Waals surface area contributed by atoms with Crippen LogP contribution in [0.1, 0.15) is 51.4 Å². The van der Waals surface area contributed by atoms with E-state index in [9.17, 15) is 27.6 Å². The van der Waals surface area contributed by atoms with E-state index in [0.717, 1.165) is 34.6 Å². The molecule has 12 nitrogen and oxygen atoms in total. The Morgan fingerprint density at radius 3 is 2.55 bits per heavy atom. The van der Waals surface area contributed by atoms with Crippen molar-refractivity contribution in [1.82, 2.24) is 4.57 Å². The summed E-state index contributed by atoms with van der Waals surface area (Å²) in [5, 5.41) is 2.76. The predicted octanol–water partition coefficient (Wildman–Crippen LogP) is 2.73. The number of hydrogen-bond acceptors (Lipinski definition) is 11. The molecule has 0 unspecified atom stereocenters. The molecule has 0 saturated heterocycles. The minimum Gasteiger partial charge on any atom is -0.465 e. The molecular formula is C27H31N3O9S3. The third kappa shape index (κ3) is 7.32. The van der Waals surface area contributed by atoms with Gasteiger partial charge in [-0.1, -0.05) is 11.3 Å². The monoisotopic (exact) mass is 637 g/mol. The predicted molar refractivity (Wildman–Crippen MR) is 158 cm³/mol. The van der Waals surface area contributed by atoms with Crippen molar-refractivity contribution in [3.8, 4) is 0 Å². The number of fused-ring (bicyclic) bond motifs is 2. The number of esters is 2. The summed E-state index contributed by atoms with van der Waals surface area (Å²) in [7, 11) is -2.96. The maximum atomic E-state index is 12.8. The van der Waals surface area contributed by atoms with Crippen LogP contribution in [0.3, 0.4) is 0 Å². The van der Waals surface area contributed by atoms with Gasteiger partial charge in [0, 0.05) is 18.0 Å². The highest BCUT2D eigenvalue weighted by molar-refractivity contribution is 7.92. The number of thiophene rings is 1. The van der Waals surface area contributed by atoms with Gasteiger partial charge in [-0.25, -0.2) is 18.0 Å². The van der Waals surface area contributed by atoms with Crippen LogP contribution in [0.15, 0.2) is 23.2 Å². The van der Waals surface area contributed by atoms with Crippen LogP contribution in [-0.4, -0.2) is 75.2 Å². The highest BCUT2D eigenvalue weighted by Crippen LogP contribution is 2.39. The summed E-state index contributed by atoms with van der Waals surface area (Å²) in [6, 6.07) is 4.94. The van der Waals surface area contributed by atoms with E-state index in [-0.39, 0.29) is 22.0 Å². The summed E-state index contributed by atoms with van der Waals surface area (Å²) in [4.78, 5) is 55.2. The minimum atomic E-state index is -4.20. The van der Waals surface area contributed by atoms with Crippen molar-refractivity contribution >= 4 is 71.5 Å². The number of anilines is 1. The maximum Gasteiger partial charge on any atom is 0.341 e. The molecule has 226 valence electrons. The van der Waals surface area contributed by atoms with E-state index in [0.29, 0.717) is 42.0 Å². The minimum absolute atomic E-state index is 0.221. The van der Waals surface area contributed by atoms with E-state index in [1.807, 2.05) is 6.92 Å². The molecule has 1 aliphatic rings. The molecule has 15 heteroatoms. The maximum absolute atomic E-state index is 12.8. The van der Waals surface area contributed by atoms with Gasteiger partial charge in [0.25, 0.3) is 5.91 Å². The van der Waals surface area contributed by atoms with Gasteiger partial charge in [0.2, 0.25) is 5.91 Å². The summed E-state index contributed by atoms with van der Waals surface area (Å²) in [6.45, 7) is 4.91. The smallest absolute Gasteiger partial charge is 0.341 e. The zero-order valence-corrected chi connectivity index (χ0v) is 25.8. The van der Waals surface area contributed by atoms with E-state index < -0.39 is 45.1 Å². The second kappa shape index (κ2) is 13.7. The van der Waals surface area contributed by atoms with Crippen LogP contribution >= 0.6 is 22.7 Å². The molecule has 2 aromatic heterocycles. The number of ether oxygens (including phenoxy) is 3. The normalized spacial score (nSPS) is 13.3. The van der Waals surface area contributed by atoms with Gasteiger partial charge in [-0.3, -0.25) is 9.59 Å². The fourth-order valence-corrected chi connectivity index (χ4v) is 7.99. The number of benzene rings is 1. The Bertz CT molecular complexity index is 1700. The zero-order valence-electron chi connectivity index (χ0n) is 23.4. The SMILES string of the molecule is CCOCCn1c(=NC(=O)CS(=O)(=O)CC(=O)Nc2sc3c(c2C(=O)OC)CCC3)sc2cc(C(=O)OCC)ccc21. The fourth-order valence-electron chi connectivity index (χ4n) is 4.57. The Morgan fingerprint density at radius 1 is 1.05 bits per heavy atom. The average molecular weight is 638 g/mol. The van der Waals surface area contributed by atoms with Crippen molar-refractivity contribution in [2.24, 2.45) is 4.99 Å². The molecule has 2 heterocycles. The Morgan fingerprint density at radius 2 is 1.83 bits per heavy atom. The summed E-state index contributed by atoms with van der Waals surface area (Å²) in [5.74, 6) is -4.85. The molecule has 4 rings (SSSR count). The lowest BCUT2D eigenvalue weighted by molar-refractivity contribution is -0.115. The number of sulfone groups is 1. The lowest BCUT2D eigenvalue weighted by atomic mass is 10.1. The molecule has 1 aliphatic carbocycles. The van der Waals surface area contributed by atoms with Gasteiger partial charge in [-0.15, -0.1) is 11.3 Å². The van der Waals surface area contributed by atoms with Gasteiger partial charge in [0.05, 0.1) is 41.7 Å². The third-order valence-corrected chi connectivity index (χ3v) is 9.97. The van der Waals surface area contributed by atoms with Crippen molar-refractivity contribution in [2.75, 3.05) is 43.8 Å². The summed E-state index contributed by atoms with van der Waals surface area (Å²) in [6.07, 6.45) is 2.32. The molecule has 1 aromatic carbocycles. The molecule has 0 atom stereocenters. The third-order valence-electron chi connectivity index (χ3n) is 6.34. The number of aryl methyl sites for hydroxylation is 1. The van der Waals surface area contributed by atoms with Crippen LogP contribution in [0, 0.1) is 0 Å². The Labute approximate surface area is 250 Å². The number of thiazole rings is 1. The molecule has 0 fully saturated rings. The summed E-state index contributed by atoms with van der Waals surface area (Å²) >= 11 is 2.34. The molecule has 0 bridgehead atoms. The van der Waals surface area contributed by atoms with Crippen molar-refractivity contribution in [1.29, 1.82) is 0 Å². The van der Waals surface area contributed by atoms with E-state index in [4.69, 9.17) is 14.2 Å². The van der Waals surface area contributed by atoms with Gasteiger partial charge in [0.1, 0.15) is 16.5 Å². The molecule has 0 aliphatic heterocycles. The number of rotatable bonds is 12. The van der Waals surface area contributed by atoms with Crippen molar-refractivity contribution in [3.05, 3.63) is 44.6 Å². The first-order valence-electron chi connectivity index (χ1n) is 13.3. The molecular weight excluding hydrogens is 607 g/mol. The lowest BCUT2D eigenvalue weighted by Crippen LogP contribution is -2.28. The number of amides is 2. The zero-order chi connectivity index (χ0) is 30.4. The van der Waals surface area contributed by atoms with E-state index in [1.54, 1.807) is 29.7 Å². The van der Waals surface area contributed by atoms with Crippen LogP contribution in [0.5, 0.6) is 0 Å². The van der Waals surface area contributed by atoms with Crippen molar-refractivity contribution in [2.45, 2.75) is 39.7 Å². The molecule has 42 heavy (non-hydrogen) atoms. The molecule has 0 saturated carbocycles. The van der Waals surface area contributed by atoms with Crippen molar-refractivity contribution < 1.29 is 41.8 Å². The molecule has 2 amide bonds. The topological polar surface area (TPSA) is 159 Å². The largest absolute Gasteiger partial charge is 0.465 e. The van der Waals surface area contributed by atoms with Gasteiger partial charge in [0.15, 0.2) is 14.6 Å². The lowest BCUT2D eigenvalue weighted by Gasteiger charge is -2.07. The Hall–Kier alpha value is -3.40. The number of aromatic nitrogens is 1. The van der Waals surface area contributed by atoms with Crippen LogP contribution in [-0.2, 0) is 53.0 Å². The van der Waals surface area contributed by atoms with Crippen LogP contribution in [0.2, 0.25) is 0 Å². The number of methoxy groups -OCH3 is 1. The van der Waals surface area contributed by atoms with Crippen molar-refractivity contribution in [3.63, 3.8) is 0 Å². The van der Waals surface area contributed by atoms with E-state index in [2.05, 4.69) is 10.3 Å². The van der Waals surface area contributed by atoms with E-state index >= 15 is 0 Å². The molecule has 0 radical (unpaired) electrons. The number of carbonyl (C=O) groups excluding carboxylic acids is 4. The number of carbonyl (C=O) groups is 4. The standard InChI is InChI=1S/C27H31N3O9S3/c1-4-38-12-11-30-18-10-9-16(25(33)39-5-2)13-20(18)41-27(30)29-22(32)15-42(35,36)14-21(31)28-24-23(26(34)37-3)17-7-6-8-19(17)40-24/h9-10,13H,4-8,11-12,14-15H2,1-3H3,(H,28,31). The molecule has 0 spiro atoms. The second-order valence-electron chi connectivity index (χ2n) is 9.28. The highest BCUT2D eigenvalue weighted by Gasteiger charge is 2.29. The van der Waals surface area contributed by atoms with E-state index in [1.165, 1.54) is 18.4 Å². The van der Waals surface area contributed by atoms with Crippen LogP contribution in [0.4, 0.5) is 5.00 Å². The Balaban J connectivity index is 1.53. The molecule has 1 N–H and O–H groups in total. The van der Waals surface area contributed by atoms with Crippen LogP contribution < -0.4 is 10.1 Å². The van der Waals surface area contributed by atoms with Gasteiger partial charge in [-0.05, 0) is 56.9 Å². The van der Waals surface area contributed by atoms with Crippen LogP contribution in [0.25, 0.3) is 10.2 Å². The number of hydrogen-bond donors (Lipinski definition) is 1. The van der Waals surface area contributed by atoms with Gasteiger partial charge < -0.3 is 24.1 Å². The molecule has 3 aromatic rings. The van der Waals surface area contributed by atoms with Gasteiger partial charge >= 0.3 is 11.9 Å². The average Bonchev–Trinajstić information content (AvgIpc) is 3.60. The Kier molecular flexibility index (Phi) is 10.3.